The lowest BCUT2D eigenvalue weighted by Gasteiger charge is -2.10. The predicted molar refractivity (Wildman–Crippen MR) is 46.3 cm³/mol. The molecule has 1 atom stereocenters. The summed E-state index contributed by atoms with van der Waals surface area (Å²) < 4.78 is 25.9. The first-order chi connectivity index (χ1) is 6.06. The summed E-state index contributed by atoms with van der Waals surface area (Å²) in [6, 6.07) is 2.16. The Balaban J connectivity index is 3.15. The molecule has 1 nitrogen and oxygen atoms in total. The first-order valence-electron chi connectivity index (χ1n) is 4.19. The molecule has 0 radical (unpaired) electrons. The summed E-state index contributed by atoms with van der Waals surface area (Å²) >= 11 is 0. The number of halogens is 2. The molecule has 1 N–H and O–H groups in total. The molecule has 1 rings (SSSR count). The molecule has 0 heterocycles. The molecule has 0 aromatic heterocycles. The van der Waals surface area contributed by atoms with E-state index in [4.69, 9.17) is 0 Å². The van der Waals surface area contributed by atoms with Gasteiger partial charge in [0, 0.05) is 11.6 Å². The molecule has 0 saturated carbocycles. The Kier molecular flexibility index (Phi) is 2.98. The van der Waals surface area contributed by atoms with Gasteiger partial charge < -0.3 is 5.11 Å². The van der Waals surface area contributed by atoms with Crippen molar-refractivity contribution >= 4 is 0 Å². The van der Waals surface area contributed by atoms with E-state index in [-0.39, 0.29) is 5.56 Å². The van der Waals surface area contributed by atoms with Gasteiger partial charge in [0.1, 0.15) is 11.6 Å². The molecular formula is C10H12F2O. The van der Waals surface area contributed by atoms with Gasteiger partial charge in [0.05, 0.1) is 6.10 Å². The zero-order valence-corrected chi connectivity index (χ0v) is 7.64. The standard InChI is InChI=1S/C10H12F2O/c1-3-10(13)7-4-6(2)8(11)5-9(7)12/h4-5,10,13H,3H2,1-2H3/t10-/m1/s1. The van der Waals surface area contributed by atoms with Crippen LogP contribution in [0.4, 0.5) is 8.78 Å². The van der Waals surface area contributed by atoms with Crippen molar-refractivity contribution < 1.29 is 13.9 Å². The third-order valence-electron chi connectivity index (χ3n) is 2.02. The first-order valence-corrected chi connectivity index (χ1v) is 4.19. The van der Waals surface area contributed by atoms with Crippen LogP contribution in [0.5, 0.6) is 0 Å². The molecule has 0 spiro atoms. The van der Waals surface area contributed by atoms with Gasteiger partial charge in [-0.15, -0.1) is 0 Å². The van der Waals surface area contributed by atoms with Crippen LogP contribution in [0.2, 0.25) is 0 Å². The fourth-order valence-electron chi connectivity index (χ4n) is 1.15. The second-order valence-corrected chi connectivity index (χ2v) is 3.05. The molecule has 1 aromatic rings. The minimum absolute atomic E-state index is 0.168. The fraction of sp³-hybridized carbons (Fsp3) is 0.400. The smallest absolute Gasteiger partial charge is 0.131 e. The average molecular weight is 186 g/mol. The summed E-state index contributed by atoms with van der Waals surface area (Å²) in [5, 5.41) is 9.36. The van der Waals surface area contributed by atoms with E-state index >= 15 is 0 Å². The first kappa shape index (κ1) is 10.1. The number of benzene rings is 1. The van der Waals surface area contributed by atoms with Crippen molar-refractivity contribution in [1.82, 2.24) is 0 Å². The van der Waals surface area contributed by atoms with E-state index in [1.54, 1.807) is 13.8 Å². The van der Waals surface area contributed by atoms with Crippen LogP contribution < -0.4 is 0 Å². The van der Waals surface area contributed by atoms with Crippen molar-refractivity contribution in [2.75, 3.05) is 0 Å². The van der Waals surface area contributed by atoms with Crippen molar-refractivity contribution in [3.05, 3.63) is 34.9 Å². The number of hydrogen-bond acceptors (Lipinski definition) is 1. The normalized spacial score (nSPS) is 13.0. The van der Waals surface area contributed by atoms with Gasteiger partial charge in [0.2, 0.25) is 0 Å². The van der Waals surface area contributed by atoms with Gasteiger partial charge in [-0.05, 0) is 25.0 Å². The molecule has 0 fully saturated rings. The maximum atomic E-state index is 13.1. The van der Waals surface area contributed by atoms with Crippen LogP contribution in [0, 0.1) is 18.6 Å². The number of hydrogen-bond donors (Lipinski definition) is 1. The number of aliphatic hydroxyl groups excluding tert-OH is 1. The lowest BCUT2D eigenvalue weighted by atomic mass is 10.0. The van der Waals surface area contributed by atoms with E-state index in [0.29, 0.717) is 12.0 Å². The van der Waals surface area contributed by atoms with E-state index < -0.39 is 17.7 Å². The second-order valence-electron chi connectivity index (χ2n) is 3.05. The summed E-state index contributed by atoms with van der Waals surface area (Å²) in [5.74, 6) is -1.26. The lowest BCUT2D eigenvalue weighted by Crippen LogP contribution is -2.01. The van der Waals surface area contributed by atoms with Crippen LogP contribution in [0.25, 0.3) is 0 Å². The number of rotatable bonds is 2. The Labute approximate surface area is 76.0 Å². The van der Waals surface area contributed by atoms with Crippen molar-refractivity contribution in [2.24, 2.45) is 0 Å². The summed E-state index contributed by atoms with van der Waals surface area (Å²) in [6.07, 6.45) is -0.429. The second kappa shape index (κ2) is 3.83. The van der Waals surface area contributed by atoms with Crippen molar-refractivity contribution in [2.45, 2.75) is 26.4 Å². The highest BCUT2D eigenvalue weighted by molar-refractivity contribution is 5.27. The van der Waals surface area contributed by atoms with Gasteiger partial charge >= 0.3 is 0 Å². The molecule has 0 aliphatic rings. The van der Waals surface area contributed by atoms with E-state index in [1.165, 1.54) is 6.07 Å². The number of aliphatic hydroxyl groups is 1. The van der Waals surface area contributed by atoms with Gasteiger partial charge in [-0.1, -0.05) is 6.92 Å². The Hall–Kier alpha value is -0.960. The van der Waals surface area contributed by atoms with E-state index in [0.717, 1.165) is 6.07 Å². The van der Waals surface area contributed by atoms with Crippen LogP contribution in [0.15, 0.2) is 12.1 Å². The Bertz CT molecular complexity index is 310. The quantitative estimate of drug-likeness (QED) is 0.752. The van der Waals surface area contributed by atoms with Crippen LogP contribution in [0.3, 0.4) is 0 Å². The summed E-state index contributed by atoms with van der Waals surface area (Å²) in [5.41, 5.74) is 0.519. The molecule has 0 aliphatic heterocycles. The molecule has 0 aliphatic carbocycles. The molecule has 13 heavy (non-hydrogen) atoms. The maximum Gasteiger partial charge on any atom is 0.131 e. The van der Waals surface area contributed by atoms with E-state index in [2.05, 4.69) is 0 Å². The summed E-state index contributed by atoms with van der Waals surface area (Å²) in [6.45, 7) is 3.28. The Morgan fingerprint density at radius 1 is 1.31 bits per heavy atom. The van der Waals surface area contributed by atoms with E-state index in [1.807, 2.05) is 0 Å². The van der Waals surface area contributed by atoms with Gasteiger partial charge in [-0.3, -0.25) is 0 Å². The Morgan fingerprint density at radius 2 is 1.92 bits per heavy atom. The maximum absolute atomic E-state index is 13.1. The molecule has 0 amide bonds. The minimum Gasteiger partial charge on any atom is -0.388 e. The predicted octanol–water partition coefficient (Wildman–Crippen LogP) is 2.72. The topological polar surface area (TPSA) is 20.2 Å². The van der Waals surface area contributed by atoms with Crippen molar-refractivity contribution in [3.63, 3.8) is 0 Å². The molecule has 0 bridgehead atoms. The van der Waals surface area contributed by atoms with Crippen LogP contribution in [0.1, 0.15) is 30.6 Å². The third kappa shape index (κ3) is 2.04. The molecule has 0 saturated heterocycles. The highest BCUT2D eigenvalue weighted by Crippen LogP contribution is 2.22. The molecule has 0 unspecified atom stereocenters. The highest BCUT2D eigenvalue weighted by Gasteiger charge is 2.13. The van der Waals surface area contributed by atoms with Gasteiger partial charge in [0.15, 0.2) is 0 Å². The number of aryl methyl sites for hydroxylation is 1. The molecule has 3 heteroatoms. The summed E-state index contributed by atoms with van der Waals surface area (Å²) in [7, 11) is 0. The van der Waals surface area contributed by atoms with Crippen LogP contribution in [-0.2, 0) is 0 Å². The van der Waals surface area contributed by atoms with Crippen LogP contribution in [-0.4, -0.2) is 5.11 Å². The van der Waals surface area contributed by atoms with Crippen molar-refractivity contribution in [1.29, 1.82) is 0 Å². The monoisotopic (exact) mass is 186 g/mol. The van der Waals surface area contributed by atoms with Gasteiger partial charge in [-0.25, -0.2) is 8.78 Å². The fourth-order valence-corrected chi connectivity index (χ4v) is 1.15. The average Bonchev–Trinajstić information content (AvgIpc) is 2.10. The largest absolute Gasteiger partial charge is 0.388 e. The summed E-state index contributed by atoms with van der Waals surface area (Å²) in [4.78, 5) is 0. The zero-order valence-electron chi connectivity index (χ0n) is 7.64. The molecule has 1 aromatic carbocycles. The van der Waals surface area contributed by atoms with Gasteiger partial charge in [-0.2, -0.15) is 0 Å². The van der Waals surface area contributed by atoms with E-state index in [9.17, 15) is 13.9 Å². The van der Waals surface area contributed by atoms with Crippen LogP contribution >= 0.6 is 0 Å². The molecule has 72 valence electrons. The minimum atomic E-state index is -0.848. The molecular weight excluding hydrogens is 174 g/mol. The highest BCUT2D eigenvalue weighted by atomic mass is 19.1. The third-order valence-corrected chi connectivity index (χ3v) is 2.02. The zero-order chi connectivity index (χ0) is 10.0. The van der Waals surface area contributed by atoms with Gasteiger partial charge in [0.25, 0.3) is 0 Å². The SMILES string of the molecule is CC[C@@H](O)c1cc(C)c(F)cc1F. The lowest BCUT2D eigenvalue weighted by molar-refractivity contribution is 0.168. The van der Waals surface area contributed by atoms with Crippen molar-refractivity contribution in [3.8, 4) is 0 Å². The Morgan fingerprint density at radius 3 is 2.46 bits per heavy atom.